The predicted molar refractivity (Wildman–Crippen MR) is 116 cm³/mol. The van der Waals surface area contributed by atoms with Crippen molar-refractivity contribution in [2.75, 3.05) is 10.0 Å². The highest BCUT2D eigenvalue weighted by molar-refractivity contribution is 8.00. The van der Waals surface area contributed by atoms with E-state index in [9.17, 15) is 9.50 Å². The highest BCUT2D eigenvalue weighted by atomic mass is 32.2. The molecule has 0 amide bonds. The maximum absolute atomic E-state index is 13.0. The molecule has 0 saturated carbocycles. The van der Waals surface area contributed by atoms with Gasteiger partial charge in [0.05, 0.1) is 5.69 Å². The zero-order valence-electron chi connectivity index (χ0n) is 15.6. The van der Waals surface area contributed by atoms with E-state index in [1.54, 1.807) is 24.3 Å². The van der Waals surface area contributed by atoms with E-state index in [4.69, 9.17) is 0 Å². The number of anilines is 3. The summed E-state index contributed by atoms with van der Waals surface area (Å²) in [6.45, 7) is 1.92. The standard InChI is InChI=1S/C22H19FN4OS/c1-14-12-18(28)8-11-20(14)24-22-13-21(25-26-22)15-2-6-17(7-3-15)27-29-19-9-4-16(23)5-10-19/h2-13,27-28H,1H3,(H2,24,25,26). The summed E-state index contributed by atoms with van der Waals surface area (Å²) in [5.41, 5.74) is 4.66. The van der Waals surface area contributed by atoms with Crippen molar-refractivity contribution >= 4 is 29.1 Å². The van der Waals surface area contributed by atoms with Gasteiger partial charge in [-0.1, -0.05) is 12.1 Å². The fourth-order valence-electron chi connectivity index (χ4n) is 2.80. The van der Waals surface area contributed by atoms with E-state index in [0.29, 0.717) is 5.82 Å². The second kappa shape index (κ2) is 8.28. The van der Waals surface area contributed by atoms with Gasteiger partial charge in [0.2, 0.25) is 0 Å². The van der Waals surface area contributed by atoms with E-state index in [1.807, 2.05) is 43.3 Å². The van der Waals surface area contributed by atoms with Crippen molar-refractivity contribution in [3.05, 3.63) is 84.2 Å². The number of halogens is 1. The number of aromatic nitrogens is 2. The smallest absolute Gasteiger partial charge is 0.152 e. The van der Waals surface area contributed by atoms with Gasteiger partial charge in [0.25, 0.3) is 0 Å². The number of phenolic OH excluding ortho intramolecular Hbond substituents is 1. The first-order valence-corrected chi connectivity index (χ1v) is 9.79. The van der Waals surface area contributed by atoms with Crippen LogP contribution < -0.4 is 10.0 Å². The van der Waals surface area contributed by atoms with Gasteiger partial charge >= 0.3 is 0 Å². The topological polar surface area (TPSA) is 73.0 Å². The molecule has 0 aliphatic heterocycles. The van der Waals surface area contributed by atoms with Crippen molar-refractivity contribution in [2.24, 2.45) is 0 Å². The number of hydrogen-bond acceptors (Lipinski definition) is 5. The number of nitrogens with one attached hydrogen (secondary N) is 3. The van der Waals surface area contributed by atoms with E-state index >= 15 is 0 Å². The fraction of sp³-hybridized carbons (Fsp3) is 0.0455. The van der Waals surface area contributed by atoms with Gasteiger partial charge in [-0.2, -0.15) is 5.10 Å². The second-order valence-electron chi connectivity index (χ2n) is 6.53. The zero-order valence-corrected chi connectivity index (χ0v) is 16.4. The zero-order chi connectivity index (χ0) is 20.2. The van der Waals surface area contributed by atoms with E-state index in [1.165, 1.54) is 24.1 Å². The Bertz CT molecular complexity index is 1110. The first-order chi connectivity index (χ1) is 14.1. The van der Waals surface area contributed by atoms with Crippen molar-refractivity contribution < 1.29 is 9.50 Å². The monoisotopic (exact) mass is 406 g/mol. The largest absolute Gasteiger partial charge is 0.508 e. The Morgan fingerprint density at radius 3 is 2.45 bits per heavy atom. The molecule has 146 valence electrons. The molecular formula is C22H19FN4OS. The van der Waals surface area contributed by atoms with Crippen molar-refractivity contribution in [1.82, 2.24) is 10.2 Å². The minimum Gasteiger partial charge on any atom is -0.508 e. The van der Waals surface area contributed by atoms with Crippen LogP contribution in [0.2, 0.25) is 0 Å². The molecule has 7 heteroatoms. The van der Waals surface area contributed by atoms with E-state index in [2.05, 4.69) is 20.2 Å². The molecule has 1 heterocycles. The van der Waals surface area contributed by atoms with Crippen LogP contribution in [-0.2, 0) is 0 Å². The fourth-order valence-corrected chi connectivity index (χ4v) is 3.44. The lowest BCUT2D eigenvalue weighted by Crippen LogP contribution is -1.92. The van der Waals surface area contributed by atoms with Crippen LogP contribution in [0.3, 0.4) is 0 Å². The molecule has 4 rings (SSSR count). The Labute approximate surface area is 172 Å². The second-order valence-corrected chi connectivity index (χ2v) is 7.41. The Morgan fingerprint density at radius 2 is 1.72 bits per heavy atom. The third kappa shape index (κ3) is 4.70. The van der Waals surface area contributed by atoms with Crippen LogP contribution in [0.1, 0.15) is 5.56 Å². The average molecular weight is 406 g/mol. The maximum Gasteiger partial charge on any atom is 0.152 e. The summed E-state index contributed by atoms with van der Waals surface area (Å²) < 4.78 is 16.2. The number of benzene rings is 3. The average Bonchev–Trinajstić information content (AvgIpc) is 3.19. The Morgan fingerprint density at radius 1 is 0.966 bits per heavy atom. The first-order valence-electron chi connectivity index (χ1n) is 8.98. The molecule has 0 radical (unpaired) electrons. The molecule has 0 aliphatic rings. The van der Waals surface area contributed by atoms with Crippen molar-refractivity contribution in [2.45, 2.75) is 11.8 Å². The Balaban J connectivity index is 1.40. The van der Waals surface area contributed by atoms with Crippen molar-refractivity contribution in [3.8, 4) is 17.0 Å². The van der Waals surface area contributed by atoms with Gasteiger partial charge in [-0.25, -0.2) is 4.39 Å². The lowest BCUT2D eigenvalue weighted by Gasteiger charge is -2.07. The minimum atomic E-state index is -0.243. The molecule has 5 nitrogen and oxygen atoms in total. The number of rotatable bonds is 6. The van der Waals surface area contributed by atoms with Crippen LogP contribution in [0.15, 0.2) is 77.7 Å². The number of phenols is 1. The third-order valence-corrected chi connectivity index (χ3v) is 5.19. The van der Waals surface area contributed by atoms with Crippen molar-refractivity contribution in [3.63, 3.8) is 0 Å². The SMILES string of the molecule is Cc1cc(O)ccc1Nc1cc(-c2ccc(NSc3ccc(F)cc3)cc2)[nH]n1. The molecule has 3 aromatic carbocycles. The van der Waals surface area contributed by atoms with Crippen molar-refractivity contribution in [1.29, 1.82) is 0 Å². The summed E-state index contributed by atoms with van der Waals surface area (Å²) in [6.07, 6.45) is 0. The molecular weight excluding hydrogens is 387 g/mol. The summed E-state index contributed by atoms with van der Waals surface area (Å²) in [6, 6.07) is 21.4. The molecule has 4 N–H and O–H groups in total. The van der Waals surface area contributed by atoms with Crippen LogP contribution >= 0.6 is 11.9 Å². The van der Waals surface area contributed by atoms with Gasteiger partial charge in [-0.05, 0) is 84.6 Å². The van der Waals surface area contributed by atoms with Crippen LogP contribution in [0.4, 0.5) is 21.6 Å². The van der Waals surface area contributed by atoms with Gasteiger partial charge < -0.3 is 15.1 Å². The molecule has 0 bridgehead atoms. The molecule has 0 spiro atoms. The Kier molecular flexibility index (Phi) is 5.39. The highest BCUT2D eigenvalue weighted by Crippen LogP contribution is 2.27. The summed E-state index contributed by atoms with van der Waals surface area (Å²) in [4.78, 5) is 0.935. The van der Waals surface area contributed by atoms with Gasteiger partial charge in [-0.3, -0.25) is 5.10 Å². The van der Waals surface area contributed by atoms with Crippen LogP contribution in [0, 0.1) is 12.7 Å². The number of nitrogens with zero attached hydrogens (tertiary/aromatic N) is 1. The third-order valence-electron chi connectivity index (χ3n) is 4.35. The number of aromatic hydroxyl groups is 1. The quantitative estimate of drug-likeness (QED) is 0.230. The van der Waals surface area contributed by atoms with E-state index < -0.39 is 0 Å². The molecule has 0 saturated heterocycles. The van der Waals surface area contributed by atoms with Gasteiger partial charge in [0, 0.05) is 22.3 Å². The summed E-state index contributed by atoms with van der Waals surface area (Å²) in [7, 11) is 0. The molecule has 0 fully saturated rings. The van der Waals surface area contributed by atoms with Gasteiger partial charge in [0.15, 0.2) is 5.82 Å². The molecule has 4 aromatic rings. The maximum atomic E-state index is 13.0. The Hall–Kier alpha value is -3.45. The van der Waals surface area contributed by atoms with E-state index in [0.717, 1.165) is 33.1 Å². The number of H-pyrrole nitrogens is 1. The van der Waals surface area contributed by atoms with Crippen LogP contribution in [0.5, 0.6) is 5.75 Å². The predicted octanol–water partition coefficient (Wildman–Crippen LogP) is 6.09. The molecule has 29 heavy (non-hydrogen) atoms. The molecule has 0 atom stereocenters. The lowest BCUT2D eigenvalue weighted by molar-refractivity contribution is 0.475. The molecule has 0 aliphatic carbocycles. The number of aryl methyl sites for hydroxylation is 1. The van der Waals surface area contributed by atoms with Gasteiger partial charge in [-0.15, -0.1) is 0 Å². The summed E-state index contributed by atoms with van der Waals surface area (Å²) in [5, 5.41) is 20.1. The number of aromatic amines is 1. The number of hydrogen-bond donors (Lipinski definition) is 4. The molecule has 1 aromatic heterocycles. The normalized spacial score (nSPS) is 10.7. The molecule has 0 unspecified atom stereocenters. The highest BCUT2D eigenvalue weighted by Gasteiger charge is 2.06. The summed E-state index contributed by atoms with van der Waals surface area (Å²) in [5.74, 6) is 0.692. The lowest BCUT2D eigenvalue weighted by atomic mass is 10.1. The first kappa shape index (κ1) is 18.9. The summed E-state index contributed by atoms with van der Waals surface area (Å²) >= 11 is 1.43. The minimum absolute atomic E-state index is 0.238. The van der Waals surface area contributed by atoms with Gasteiger partial charge in [0.1, 0.15) is 11.6 Å². The van der Waals surface area contributed by atoms with Crippen LogP contribution in [-0.4, -0.2) is 15.3 Å². The van der Waals surface area contributed by atoms with E-state index in [-0.39, 0.29) is 11.6 Å². The van der Waals surface area contributed by atoms with Crippen LogP contribution in [0.25, 0.3) is 11.3 Å².